The van der Waals surface area contributed by atoms with Crippen LogP contribution in [0.5, 0.6) is 0 Å². The molecular formula is C24H29N5O2. The van der Waals surface area contributed by atoms with Crippen LogP contribution in [0.2, 0.25) is 0 Å². The highest BCUT2D eigenvalue weighted by Crippen LogP contribution is 2.31. The van der Waals surface area contributed by atoms with Gasteiger partial charge in [-0.3, -0.25) is 9.59 Å². The predicted molar refractivity (Wildman–Crippen MR) is 119 cm³/mol. The summed E-state index contributed by atoms with van der Waals surface area (Å²) < 4.78 is 0. The average Bonchev–Trinajstić information content (AvgIpc) is 3.38. The van der Waals surface area contributed by atoms with Crippen molar-refractivity contribution in [1.82, 2.24) is 14.9 Å². The van der Waals surface area contributed by atoms with E-state index in [1.165, 1.54) is 17.5 Å². The minimum atomic E-state index is -0.254. The molecule has 3 aliphatic rings. The van der Waals surface area contributed by atoms with Crippen molar-refractivity contribution in [3.8, 4) is 0 Å². The SMILES string of the molecule is Cc1cc(N2CCN(C(=O)C3CC(=O)N(c4ccc5c(c4)CCC5)C3)CC2)nc(C)n1. The second kappa shape index (κ2) is 7.94. The van der Waals surface area contributed by atoms with Gasteiger partial charge in [0.25, 0.3) is 0 Å². The van der Waals surface area contributed by atoms with Crippen molar-refractivity contribution in [2.75, 3.05) is 42.5 Å². The maximum absolute atomic E-state index is 13.2. The number of nitrogens with zero attached hydrogens (tertiary/aromatic N) is 5. The fourth-order valence-electron chi connectivity index (χ4n) is 5.12. The highest BCUT2D eigenvalue weighted by atomic mass is 16.2. The Morgan fingerprint density at radius 1 is 1.00 bits per heavy atom. The van der Waals surface area contributed by atoms with Crippen LogP contribution in [-0.2, 0) is 22.4 Å². The molecule has 0 spiro atoms. The summed E-state index contributed by atoms with van der Waals surface area (Å²) in [5.74, 6) is 1.60. The maximum Gasteiger partial charge on any atom is 0.228 e. The molecule has 2 saturated heterocycles. The van der Waals surface area contributed by atoms with Gasteiger partial charge in [-0.2, -0.15) is 0 Å². The van der Waals surface area contributed by atoms with E-state index in [1.54, 1.807) is 0 Å². The summed E-state index contributed by atoms with van der Waals surface area (Å²) in [7, 11) is 0. The van der Waals surface area contributed by atoms with Crippen LogP contribution in [-0.4, -0.2) is 59.4 Å². The first-order valence-electron chi connectivity index (χ1n) is 11.3. The molecule has 1 aliphatic carbocycles. The van der Waals surface area contributed by atoms with Crippen LogP contribution in [0, 0.1) is 19.8 Å². The Bertz CT molecular complexity index is 1010. The van der Waals surface area contributed by atoms with Gasteiger partial charge in [0.1, 0.15) is 11.6 Å². The molecule has 3 heterocycles. The number of rotatable bonds is 3. The zero-order valence-corrected chi connectivity index (χ0v) is 18.3. The van der Waals surface area contributed by atoms with Gasteiger partial charge in [-0.1, -0.05) is 6.07 Å². The van der Waals surface area contributed by atoms with E-state index in [2.05, 4.69) is 27.0 Å². The van der Waals surface area contributed by atoms with E-state index >= 15 is 0 Å². The van der Waals surface area contributed by atoms with E-state index in [9.17, 15) is 9.59 Å². The molecule has 0 bridgehead atoms. The number of piperazine rings is 1. The molecule has 1 unspecified atom stereocenters. The van der Waals surface area contributed by atoms with Gasteiger partial charge in [0, 0.05) is 56.6 Å². The molecule has 1 aromatic carbocycles. The summed E-state index contributed by atoms with van der Waals surface area (Å²) in [6.45, 7) is 7.17. The van der Waals surface area contributed by atoms with Crippen molar-refractivity contribution in [2.45, 2.75) is 39.5 Å². The third kappa shape index (κ3) is 3.89. The quantitative estimate of drug-likeness (QED) is 0.764. The smallest absolute Gasteiger partial charge is 0.228 e. The number of carbonyl (C=O) groups excluding carboxylic acids is 2. The first kappa shape index (κ1) is 20.0. The standard InChI is InChI=1S/C24H29N5O2/c1-16-12-22(26-17(2)25-16)27-8-10-28(11-9-27)24(31)20-14-23(30)29(15-20)21-7-6-18-4-3-5-19(18)13-21/h6-7,12-13,20H,3-5,8-11,14-15H2,1-2H3. The molecule has 7 nitrogen and oxygen atoms in total. The lowest BCUT2D eigenvalue weighted by Crippen LogP contribution is -2.51. The van der Waals surface area contributed by atoms with Crippen molar-refractivity contribution < 1.29 is 9.59 Å². The highest BCUT2D eigenvalue weighted by Gasteiger charge is 2.38. The molecule has 0 N–H and O–H groups in total. The van der Waals surface area contributed by atoms with Crippen LogP contribution in [0.3, 0.4) is 0 Å². The van der Waals surface area contributed by atoms with Crippen molar-refractivity contribution in [1.29, 1.82) is 0 Å². The fraction of sp³-hybridized carbons (Fsp3) is 0.500. The van der Waals surface area contributed by atoms with E-state index in [-0.39, 0.29) is 17.7 Å². The molecule has 0 saturated carbocycles. The van der Waals surface area contributed by atoms with Crippen LogP contribution in [0.1, 0.15) is 35.5 Å². The molecule has 1 atom stereocenters. The normalized spacial score (nSPS) is 21.0. The summed E-state index contributed by atoms with van der Waals surface area (Å²) in [5.41, 5.74) is 4.65. The van der Waals surface area contributed by atoms with Crippen LogP contribution in [0.4, 0.5) is 11.5 Å². The van der Waals surface area contributed by atoms with Gasteiger partial charge in [-0.05, 0) is 56.4 Å². The molecule has 2 amide bonds. The van der Waals surface area contributed by atoms with Gasteiger partial charge in [-0.15, -0.1) is 0 Å². The molecule has 2 fully saturated rings. The molecule has 1 aromatic heterocycles. The Labute approximate surface area is 183 Å². The van der Waals surface area contributed by atoms with Gasteiger partial charge in [0.2, 0.25) is 11.8 Å². The maximum atomic E-state index is 13.2. The molecule has 2 aliphatic heterocycles. The molecule has 31 heavy (non-hydrogen) atoms. The summed E-state index contributed by atoms with van der Waals surface area (Å²) in [6, 6.07) is 8.33. The highest BCUT2D eigenvalue weighted by molar-refractivity contribution is 6.00. The van der Waals surface area contributed by atoms with Gasteiger partial charge in [0.05, 0.1) is 5.92 Å². The van der Waals surface area contributed by atoms with Gasteiger partial charge in [0.15, 0.2) is 0 Å². The average molecular weight is 420 g/mol. The largest absolute Gasteiger partial charge is 0.353 e. The summed E-state index contributed by atoms with van der Waals surface area (Å²) in [4.78, 5) is 40.7. The first-order valence-corrected chi connectivity index (χ1v) is 11.3. The topological polar surface area (TPSA) is 69.6 Å². The summed E-state index contributed by atoms with van der Waals surface area (Å²) in [6.07, 6.45) is 3.71. The van der Waals surface area contributed by atoms with E-state index in [4.69, 9.17) is 0 Å². The van der Waals surface area contributed by atoms with E-state index in [1.807, 2.05) is 35.8 Å². The second-order valence-electron chi connectivity index (χ2n) is 8.94. The third-order valence-electron chi connectivity index (χ3n) is 6.74. The zero-order chi connectivity index (χ0) is 21.5. The summed E-state index contributed by atoms with van der Waals surface area (Å²) >= 11 is 0. The molecule has 0 radical (unpaired) electrons. The zero-order valence-electron chi connectivity index (χ0n) is 18.3. The predicted octanol–water partition coefficient (Wildman–Crippen LogP) is 2.28. The van der Waals surface area contributed by atoms with Crippen molar-refractivity contribution in [3.63, 3.8) is 0 Å². The molecule has 5 rings (SSSR count). The van der Waals surface area contributed by atoms with Crippen LogP contribution in [0.25, 0.3) is 0 Å². The van der Waals surface area contributed by atoms with Crippen LogP contribution >= 0.6 is 0 Å². The number of benzene rings is 1. The lowest BCUT2D eigenvalue weighted by atomic mass is 10.1. The number of hydrogen-bond donors (Lipinski definition) is 0. The first-order chi connectivity index (χ1) is 15.0. The van der Waals surface area contributed by atoms with Crippen LogP contribution < -0.4 is 9.80 Å². The Morgan fingerprint density at radius 3 is 2.55 bits per heavy atom. The fourth-order valence-corrected chi connectivity index (χ4v) is 5.12. The van der Waals surface area contributed by atoms with E-state index in [0.29, 0.717) is 26.1 Å². The third-order valence-corrected chi connectivity index (χ3v) is 6.74. The molecule has 2 aromatic rings. The molecule has 7 heteroatoms. The number of anilines is 2. The van der Waals surface area contributed by atoms with E-state index in [0.717, 1.165) is 49.0 Å². The van der Waals surface area contributed by atoms with Crippen molar-refractivity contribution >= 4 is 23.3 Å². The Morgan fingerprint density at radius 2 is 1.77 bits per heavy atom. The lowest BCUT2D eigenvalue weighted by molar-refractivity contribution is -0.136. The number of aromatic nitrogens is 2. The van der Waals surface area contributed by atoms with Gasteiger partial charge < -0.3 is 14.7 Å². The number of carbonyl (C=O) groups is 2. The van der Waals surface area contributed by atoms with Crippen molar-refractivity contribution in [3.05, 3.63) is 46.9 Å². The Balaban J connectivity index is 1.22. The molecule has 162 valence electrons. The minimum Gasteiger partial charge on any atom is -0.353 e. The van der Waals surface area contributed by atoms with E-state index < -0.39 is 0 Å². The number of hydrogen-bond acceptors (Lipinski definition) is 5. The number of fused-ring (bicyclic) bond motifs is 1. The number of amides is 2. The second-order valence-corrected chi connectivity index (χ2v) is 8.94. The van der Waals surface area contributed by atoms with Gasteiger partial charge in [-0.25, -0.2) is 9.97 Å². The van der Waals surface area contributed by atoms with Gasteiger partial charge >= 0.3 is 0 Å². The van der Waals surface area contributed by atoms with Crippen LogP contribution in [0.15, 0.2) is 24.3 Å². The Kier molecular flexibility index (Phi) is 5.12. The Hall–Kier alpha value is -2.96. The lowest BCUT2D eigenvalue weighted by Gasteiger charge is -2.36. The number of aryl methyl sites for hydroxylation is 4. The summed E-state index contributed by atoms with van der Waals surface area (Å²) in [5, 5.41) is 0. The molecular weight excluding hydrogens is 390 g/mol. The monoisotopic (exact) mass is 419 g/mol. The minimum absolute atomic E-state index is 0.0573. The van der Waals surface area contributed by atoms with Crippen molar-refractivity contribution in [2.24, 2.45) is 5.92 Å².